The standard InChI is InChI=1S/C25H32FN5O2/c1-2-33-18-17-31-24(28-22-5-3-11-27-25(22)31)19-30-15-13-29(14-16-30)12-4-6-23(32)20-7-9-21(26)10-8-20/h3,5,7-11H,2,4,6,12-19H2,1H3. The van der Waals surface area contributed by atoms with Gasteiger partial charge < -0.3 is 14.2 Å². The van der Waals surface area contributed by atoms with Crippen molar-refractivity contribution in [3.63, 3.8) is 0 Å². The van der Waals surface area contributed by atoms with Crippen LogP contribution in [0.5, 0.6) is 0 Å². The molecule has 0 unspecified atom stereocenters. The van der Waals surface area contributed by atoms with Crippen LogP contribution in [0.1, 0.15) is 35.9 Å². The number of Topliss-reactive ketones (excluding diaryl/α,β-unsaturated/α-hetero) is 1. The largest absolute Gasteiger partial charge is 0.380 e. The van der Waals surface area contributed by atoms with Crippen LogP contribution in [0.2, 0.25) is 0 Å². The zero-order valence-corrected chi connectivity index (χ0v) is 19.3. The molecule has 33 heavy (non-hydrogen) atoms. The molecule has 176 valence electrons. The van der Waals surface area contributed by atoms with Crippen molar-refractivity contribution in [2.45, 2.75) is 32.9 Å². The van der Waals surface area contributed by atoms with E-state index in [0.717, 1.165) is 69.2 Å². The highest BCUT2D eigenvalue weighted by Gasteiger charge is 2.20. The van der Waals surface area contributed by atoms with Gasteiger partial charge in [0.25, 0.3) is 0 Å². The normalized spacial score (nSPS) is 15.3. The number of rotatable bonds is 11. The Morgan fingerprint density at radius 2 is 1.82 bits per heavy atom. The first-order chi connectivity index (χ1) is 16.1. The van der Waals surface area contributed by atoms with Crippen molar-refractivity contribution in [2.75, 3.05) is 45.9 Å². The monoisotopic (exact) mass is 453 g/mol. The summed E-state index contributed by atoms with van der Waals surface area (Å²) in [4.78, 5) is 26.5. The number of ketones is 1. The minimum Gasteiger partial charge on any atom is -0.380 e. The van der Waals surface area contributed by atoms with Gasteiger partial charge in [0, 0.05) is 57.5 Å². The van der Waals surface area contributed by atoms with Gasteiger partial charge in [-0.2, -0.15) is 0 Å². The van der Waals surface area contributed by atoms with Crippen LogP contribution in [0.25, 0.3) is 11.2 Å². The maximum atomic E-state index is 13.0. The Morgan fingerprint density at radius 1 is 1.06 bits per heavy atom. The second-order valence-corrected chi connectivity index (χ2v) is 8.37. The topological polar surface area (TPSA) is 63.5 Å². The van der Waals surface area contributed by atoms with E-state index in [2.05, 4.69) is 19.4 Å². The summed E-state index contributed by atoms with van der Waals surface area (Å²) in [6, 6.07) is 9.74. The van der Waals surface area contributed by atoms with Crippen molar-refractivity contribution in [2.24, 2.45) is 0 Å². The lowest BCUT2D eigenvalue weighted by Gasteiger charge is -2.34. The highest BCUT2D eigenvalue weighted by molar-refractivity contribution is 5.95. The first-order valence-corrected chi connectivity index (χ1v) is 11.8. The van der Waals surface area contributed by atoms with E-state index in [4.69, 9.17) is 9.72 Å². The molecule has 0 N–H and O–H groups in total. The Balaban J connectivity index is 1.25. The van der Waals surface area contributed by atoms with Crippen LogP contribution in [0.3, 0.4) is 0 Å². The lowest BCUT2D eigenvalue weighted by atomic mass is 10.1. The summed E-state index contributed by atoms with van der Waals surface area (Å²) in [6.07, 6.45) is 3.11. The summed E-state index contributed by atoms with van der Waals surface area (Å²) in [5.74, 6) is 0.792. The summed E-state index contributed by atoms with van der Waals surface area (Å²) < 4.78 is 20.8. The SMILES string of the molecule is CCOCCn1c(CN2CCN(CCCC(=O)c3ccc(F)cc3)CC2)nc2cccnc21. The first-order valence-electron chi connectivity index (χ1n) is 11.8. The summed E-state index contributed by atoms with van der Waals surface area (Å²) in [6.45, 7) is 9.67. The Hall–Kier alpha value is -2.68. The summed E-state index contributed by atoms with van der Waals surface area (Å²) in [5, 5.41) is 0. The van der Waals surface area contributed by atoms with Crippen LogP contribution in [-0.2, 0) is 17.8 Å². The second kappa shape index (κ2) is 11.4. The van der Waals surface area contributed by atoms with E-state index in [1.807, 2.05) is 25.3 Å². The average Bonchev–Trinajstić information content (AvgIpc) is 3.18. The van der Waals surface area contributed by atoms with Gasteiger partial charge in [-0.05, 0) is 56.3 Å². The smallest absolute Gasteiger partial charge is 0.162 e. The fraction of sp³-hybridized carbons (Fsp3) is 0.480. The second-order valence-electron chi connectivity index (χ2n) is 8.37. The van der Waals surface area contributed by atoms with Crippen molar-refractivity contribution >= 4 is 16.9 Å². The first kappa shape index (κ1) is 23.5. The molecule has 3 heterocycles. The predicted molar refractivity (Wildman–Crippen MR) is 126 cm³/mol. The van der Waals surface area contributed by atoms with Crippen molar-refractivity contribution in [1.29, 1.82) is 0 Å². The molecular formula is C25H32FN5O2. The van der Waals surface area contributed by atoms with Gasteiger partial charge in [-0.1, -0.05) is 0 Å². The molecule has 0 atom stereocenters. The van der Waals surface area contributed by atoms with Crippen molar-refractivity contribution in [1.82, 2.24) is 24.3 Å². The third-order valence-electron chi connectivity index (χ3n) is 6.12. The number of carbonyl (C=O) groups excluding carboxylic acids is 1. The van der Waals surface area contributed by atoms with Crippen molar-refractivity contribution in [3.05, 3.63) is 59.8 Å². The number of ether oxygens (including phenoxy) is 1. The zero-order valence-electron chi connectivity index (χ0n) is 19.3. The highest BCUT2D eigenvalue weighted by Crippen LogP contribution is 2.16. The number of carbonyl (C=O) groups is 1. The molecule has 0 aliphatic carbocycles. The lowest BCUT2D eigenvalue weighted by Crippen LogP contribution is -2.46. The molecule has 7 nitrogen and oxygen atoms in total. The zero-order chi connectivity index (χ0) is 23.0. The van der Waals surface area contributed by atoms with E-state index < -0.39 is 0 Å². The maximum Gasteiger partial charge on any atom is 0.162 e. The molecule has 2 aromatic heterocycles. The van der Waals surface area contributed by atoms with Gasteiger partial charge in [0.05, 0.1) is 13.2 Å². The van der Waals surface area contributed by atoms with Gasteiger partial charge in [0.2, 0.25) is 0 Å². The molecule has 1 aromatic carbocycles. The number of imidazole rings is 1. The number of halogens is 1. The molecule has 0 bridgehead atoms. The number of fused-ring (bicyclic) bond motifs is 1. The van der Waals surface area contributed by atoms with E-state index in [1.54, 1.807) is 12.1 Å². The Morgan fingerprint density at radius 3 is 2.58 bits per heavy atom. The number of hydrogen-bond donors (Lipinski definition) is 0. The number of benzene rings is 1. The van der Waals surface area contributed by atoms with E-state index in [0.29, 0.717) is 25.2 Å². The van der Waals surface area contributed by atoms with E-state index in [-0.39, 0.29) is 11.6 Å². The van der Waals surface area contributed by atoms with Gasteiger partial charge in [-0.15, -0.1) is 0 Å². The van der Waals surface area contributed by atoms with Crippen LogP contribution >= 0.6 is 0 Å². The van der Waals surface area contributed by atoms with Crippen LogP contribution in [-0.4, -0.2) is 76.1 Å². The molecule has 0 amide bonds. The quantitative estimate of drug-likeness (QED) is 0.328. The highest BCUT2D eigenvalue weighted by atomic mass is 19.1. The molecule has 1 fully saturated rings. The number of pyridine rings is 1. The van der Waals surface area contributed by atoms with E-state index >= 15 is 0 Å². The molecular weight excluding hydrogens is 421 g/mol. The average molecular weight is 454 g/mol. The number of piperazine rings is 1. The Labute approximate surface area is 194 Å². The molecule has 8 heteroatoms. The Kier molecular flexibility index (Phi) is 8.15. The van der Waals surface area contributed by atoms with Crippen molar-refractivity contribution < 1.29 is 13.9 Å². The summed E-state index contributed by atoms with van der Waals surface area (Å²) in [7, 11) is 0. The molecule has 1 saturated heterocycles. The minimum absolute atomic E-state index is 0.0770. The number of nitrogens with zero attached hydrogens (tertiary/aromatic N) is 5. The summed E-state index contributed by atoms with van der Waals surface area (Å²) in [5.41, 5.74) is 2.42. The third kappa shape index (κ3) is 6.22. The fourth-order valence-corrected chi connectivity index (χ4v) is 4.28. The van der Waals surface area contributed by atoms with Gasteiger partial charge in [0.1, 0.15) is 17.2 Å². The molecule has 3 aromatic rings. The van der Waals surface area contributed by atoms with Gasteiger partial charge >= 0.3 is 0 Å². The molecule has 0 spiro atoms. The number of aromatic nitrogens is 3. The number of hydrogen-bond acceptors (Lipinski definition) is 6. The van der Waals surface area contributed by atoms with Crippen LogP contribution < -0.4 is 0 Å². The van der Waals surface area contributed by atoms with Gasteiger partial charge in [-0.25, -0.2) is 14.4 Å². The molecule has 1 aliphatic rings. The van der Waals surface area contributed by atoms with E-state index in [9.17, 15) is 9.18 Å². The van der Waals surface area contributed by atoms with E-state index in [1.165, 1.54) is 12.1 Å². The fourth-order valence-electron chi connectivity index (χ4n) is 4.28. The maximum absolute atomic E-state index is 13.0. The van der Waals surface area contributed by atoms with Crippen LogP contribution in [0.4, 0.5) is 4.39 Å². The minimum atomic E-state index is -0.314. The van der Waals surface area contributed by atoms with Gasteiger partial charge in [-0.3, -0.25) is 9.69 Å². The van der Waals surface area contributed by atoms with Crippen LogP contribution in [0.15, 0.2) is 42.6 Å². The molecule has 0 radical (unpaired) electrons. The lowest BCUT2D eigenvalue weighted by molar-refractivity contribution is 0.0956. The Bertz CT molecular complexity index is 1040. The van der Waals surface area contributed by atoms with Gasteiger partial charge in [0.15, 0.2) is 11.4 Å². The van der Waals surface area contributed by atoms with Crippen LogP contribution in [0, 0.1) is 5.82 Å². The third-order valence-corrected chi connectivity index (χ3v) is 6.12. The molecule has 1 aliphatic heterocycles. The molecule has 0 saturated carbocycles. The van der Waals surface area contributed by atoms with Crippen molar-refractivity contribution in [3.8, 4) is 0 Å². The predicted octanol–water partition coefficient (Wildman–Crippen LogP) is 3.39. The summed E-state index contributed by atoms with van der Waals surface area (Å²) >= 11 is 0. The molecule has 4 rings (SSSR count).